The molecule has 7 nitrogen and oxygen atoms in total. The van der Waals surface area contributed by atoms with E-state index in [1.54, 1.807) is 6.92 Å². The van der Waals surface area contributed by atoms with E-state index in [2.05, 4.69) is 4.98 Å². The minimum absolute atomic E-state index is 0.0231. The number of nitrogens with zero attached hydrogens (tertiary/aromatic N) is 2. The number of hydrogen-bond donors (Lipinski definition) is 3. The summed E-state index contributed by atoms with van der Waals surface area (Å²) in [6.07, 6.45) is -0.259. The van der Waals surface area contributed by atoms with E-state index in [0.29, 0.717) is 5.56 Å². The van der Waals surface area contributed by atoms with Crippen molar-refractivity contribution in [2.45, 2.75) is 30.7 Å². The van der Waals surface area contributed by atoms with Crippen molar-refractivity contribution in [2.75, 3.05) is 12.3 Å². The molecule has 2 heterocycles. The summed E-state index contributed by atoms with van der Waals surface area (Å²) in [5.74, 6) is 0.147. The van der Waals surface area contributed by atoms with E-state index >= 15 is 0 Å². The molecule has 0 bridgehead atoms. The zero-order valence-electron chi connectivity index (χ0n) is 9.71. The molecule has 0 saturated carbocycles. The molecule has 1 saturated heterocycles. The van der Waals surface area contributed by atoms with Crippen LogP contribution in [0.5, 0.6) is 0 Å². The molecule has 1 fully saturated rings. The van der Waals surface area contributed by atoms with E-state index in [1.165, 1.54) is 10.8 Å². The number of rotatable bonds is 2. The Balaban J connectivity index is 2.35. The number of aromatic nitrogens is 2. The van der Waals surface area contributed by atoms with Gasteiger partial charge in [0.25, 0.3) is 0 Å². The predicted molar refractivity (Wildman–Crippen MR) is 64.1 cm³/mol. The lowest BCUT2D eigenvalue weighted by molar-refractivity contribution is -0.0555. The van der Waals surface area contributed by atoms with Gasteiger partial charge in [-0.3, -0.25) is 4.57 Å². The third-order valence-corrected chi connectivity index (χ3v) is 3.32. The van der Waals surface area contributed by atoms with Crippen LogP contribution in [0, 0.1) is 6.92 Å². The molecule has 1 aromatic rings. The van der Waals surface area contributed by atoms with Gasteiger partial charge in [-0.05, 0) is 6.92 Å². The fourth-order valence-corrected chi connectivity index (χ4v) is 2.10. The maximum Gasteiger partial charge on any atom is 0.351 e. The second-order valence-corrected chi connectivity index (χ2v) is 4.94. The Morgan fingerprint density at radius 1 is 1.78 bits per heavy atom. The smallest absolute Gasteiger partial charge is 0.351 e. The third kappa shape index (κ3) is 2.22. The minimum atomic E-state index is -1.70. The van der Waals surface area contributed by atoms with Crippen molar-refractivity contribution in [3.8, 4) is 0 Å². The fourth-order valence-electron chi connectivity index (χ4n) is 1.85. The molecule has 0 aliphatic carbocycles. The first-order valence-electron chi connectivity index (χ1n) is 5.38. The number of aliphatic hydroxyl groups is 2. The first-order valence-corrected chi connectivity index (χ1v) is 5.76. The van der Waals surface area contributed by atoms with E-state index in [1.807, 2.05) is 0 Å². The highest BCUT2D eigenvalue weighted by Gasteiger charge is 2.46. The summed E-state index contributed by atoms with van der Waals surface area (Å²) in [5, 5.41) is 17.2. The minimum Gasteiger partial charge on any atom is -0.394 e. The van der Waals surface area contributed by atoms with Gasteiger partial charge in [-0.2, -0.15) is 4.98 Å². The lowest BCUT2D eigenvalue weighted by atomic mass is 10.2. The molecule has 100 valence electrons. The molecule has 0 unspecified atom stereocenters. The number of aryl methyl sites for hydroxylation is 1. The van der Waals surface area contributed by atoms with Crippen molar-refractivity contribution in [1.29, 1.82) is 0 Å². The van der Waals surface area contributed by atoms with E-state index in [4.69, 9.17) is 27.2 Å². The third-order valence-electron chi connectivity index (χ3n) is 2.93. The highest BCUT2D eigenvalue weighted by Crippen LogP contribution is 2.38. The maximum atomic E-state index is 11.7. The summed E-state index contributed by atoms with van der Waals surface area (Å²) in [7, 11) is 0. The summed E-state index contributed by atoms with van der Waals surface area (Å²) in [6.45, 7) is 1.26. The van der Waals surface area contributed by atoms with Crippen LogP contribution < -0.4 is 11.4 Å². The van der Waals surface area contributed by atoms with Crippen LogP contribution in [0.15, 0.2) is 11.0 Å². The molecule has 1 aliphatic heterocycles. The van der Waals surface area contributed by atoms with E-state index in [9.17, 15) is 9.90 Å². The number of nitrogens with two attached hydrogens (primary N) is 1. The number of anilines is 1. The van der Waals surface area contributed by atoms with Crippen molar-refractivity contribution in [3.05, 3.63) is 22.2 Å². The van der Waals surface area contributed by atoms with Crippen LogP contribution in [-0.4, -0.2) is 37.5 Å². The lowest BCUT2D eigenvalue weighted by Gasteiger charge is -2.17. The number of halogens is 1. The van der Waals surface area contributed by atoms with Gasteiger partial charge in [-0.15, -0.1) is 0 Å². The van der Waals surface area contributed by atoms with Gasteiger partial charge in [0.05, 0.1) is 6.61 Å². The molecule has 1 aromatic heterocycles. The van der Waals surface area contributed by atoms with Crippen LogP contribution in [0.1, 0.15) is 18.2 Å². The second-order valence-electron chi connectivity index (χ2n) is 4.28. The molecule has 8 heteroatoms. The summed E-state index contributed by atoms with van der Waals surface area (Å²) >= 11 is 5.81. The van der Waals surface area contributed by atoms with Crippen molar-refractivity contribution in [3.63, 3.8) is 0 Å². The number of ether oxygens (including phenoxy) is 1. The number of nitrogen functional groups attached to an aromatic ring is 1. The summed E-state index contributed by atoms with van der Waals surface area (Å²) in [4.78, 5) is 15.3. The lowest BCUT2D eigenvalue weighted by Crippen LogP contribution is -2.34. The van der Waals surface area contributed by atoms with E-state index in [0.717, 1.165) is 0 Å². The SMILES string of the molecule is Cc1cn([C@H]2C[C@@](O)(Cl)[C@@H](CO)O2)c(=O)nc1N. The summed E-state index contributed by atoms with van der Waals surface area (Å²) in [5.41, 5.74) is 5.54. The predicted octanol–water partition coefficient (Wildman–Crippen LogP) is -0.659. The van der Waals surface area contributed by atoms with Crippen molar-refractivity contribution >= 4 is 17.4 Å². The van der Waals surface area contributed by atoms with Gasteiger partial charge in [0.1, 0.15) is 18.1 Å². The number of alkyl halides is 1. The fraction of sp³-hybridized carbons (Fsp3) is 0.600. The molecule has 0 aromatic carbocycles. The normalized spacial score (nSPS) is 31.8. The Bertz CT molecular complexity index is 516. The van der Waals surface area contributed by atoms with Gasteiger partial charge in [0, 0.05) is 18.2 Å². The van der Waals surface area contributed by atoms with Crippen LogP contribution in [-0.2, 0) is 4.74 Å². The zero-order chi connectivity index (χ0) is 13.5. The van der Waals surface area contributed by atoms with E-state index in [-0.39, 0.29) is 12.2 Å². The first kappa shape index (κ1) is 13.3. The Labute approximate surface area is 108 Å². The number of hydrogen-bond acceptors (Lipinski definition) is 6. The Kier molecular flexibility index (Phi) is 3.33. The largest absolute Gasteiger partial charge is 0.394 e. The summed E-state index contributed by atoms with van der Waals surface area (Å²) < 4.78 is 6.54. The Hall–Kier alpha value is -1.15. The monoisotopic (exact) mass is 275 g/mol. The van der Waals surface area contributed by atoms with Gasteiger partial charge in [-0.1, -0.05) is 11.6 Å². The van der Waals surface area contributed by atoms with Crippen molar-refractivity contribution in [2.24, 2.45) is 0 Å². The van der Waals surface area contributed by atoms with Gasteiger partial charge in [0.15, 0.2) is 5.06 Å². The van der Waals surface area contributed by atoms with Gasteiger partial charge in [0.2, 0.25) is 0 Å². The average molecular weight is 276 g/mol. The quantitative estimate of drug-likeness (QED) is 0.618. The van der Waals surface area contributed by atoms with Crippen LogP contribution in [0.4, 0.5) is 5.82 Å². The molecule has 0 radical (unpaired) electrons. The standard InChI is InChI=1S/C10H14ClN3O4/c1-5-3-14(9(16)13-8(5)12)7-2-10(11,17)6(4-15)18-7/h3,6-7,15,17H,2,4H2,1H3,(H2,12,13,16)/t6-,7-,10+/m1/s1. The average Bonchev–Trinajstić information content (AvgIpc) is 2.58. The molecular weight excluding hydrogens is 262 g/mol. The van der Waals surface area contributed by atoms with Crippen LogP contribution in [0.25, 0.3) is 0 Å². The van der Waals surface area contributed by atoms with Crippen molar-refractivity contribution in [1.82, 2.24) is 9.55 Å². The second kappa shape index (κ2) is 4.51. The van der Waals surface area contributed by atoms with Crippen LogP contribution in [0.2, 0.25) is 0 Å². The molecule has 3 atom stereocenters. The molecule has 0 spiro atoms. The first-order chi connectivity index (χ1) is 8.35. The van der Waals surface area contributed by atoms with Gasteiger partial charge >= 0.3 is 5.69 Å². The molecule has 0 amide bonds. The highest BCUT2D eigenvalue weighted by atomic mass is 35.5. The summed E-state index contributed by atoms with van der Waals surface area (Å²) in [6, 6.07) is 0. The van der Waals surface area contributed by atoms with E-state index < -0.39 is 29.7 Å². The highest BCUT2D eigenvalue weighted by molar-refractivity contribution is 6.23. The van der Waals surface area contributed by atoms with Gasteiger partial charge < -0.3 is 20.7 Å². The number of aliphatic hydroxyl groups excluding tert-OH is 1. The van der Waals surface area contributed by atoms with Gasteiger partial charge in [-0.25, -0.2) is 4.79 Å². The molecule has 4 N–H and O–H groups in total. The van der Waals surface area contributed by atoms with Crippen LogP contribution >= 0.6 is 11.6 Å². The topological polar surface area (TPSA) is 111 Å². The molecule has 2 rings (SSSR count). The molecule has 1 aliphatic rings. The Morgan fingerprint density at radius 3 is 3.00 bits per heavy atom. The van der Waals surface area contributed by atoms with Crippen molar-refractivity contribution < 1.29 is 14.9 Å². The zero-order valence-corrected chi connectivity index (χ0v) is 10.5. The van der Waals surface area contributed by atoms with Crippen LogP contribution in [0.3, 0.4) is 0 Å². The molecular formula is C10H14ClN3O4. The Morgan fingerprint density at radius 2 is 2.44 bits per heavy atom. The molecule has 18 heavy (non-hydrogen) atoms. The maximum absolute atomic E-state index is 11.7.